The van der Waals surface area contributed by atoms with E-state index in [9.17, 15) is 14.4 Å². The van der Waals surface area contributed by atoms with E-state index in [1.165, 1.54) is 6.92 Å². The standard InChI is InChI=1S/C18H24N2O4/c1-3-24-18(23)14-7-6-10-20(11-14)12-17(22)19-16-9-5-4-8-15(16)13(2)21/h4-5,8-9,14H,3,6-7,10-12H2,1-2H3,(H,19,22). The predicted molar refractivity (Wildman–Crippen MR) is 90.9 cm³/mol. The summed E-state index contributed by atoms with van der Waals surface area (Å²) >= 11 is 0. The van der Waals surface area contributed by atoms with Crippen molar-refractivity contribution < 1.29 is 19.1 Å². The normalized spacial score (nSPS) is 18.0. The Labute approximate surface area is 142 Å². The summed E-state index contributed by atoms with van der Waals surface area (Å²) in [5, 5.41) is 2.79. The highest BCUT2D eigenvalue weighted by molar-refractivity contribution is 6.04. The van der Waals surface area contributed by atoms with E-state index in [1.54, 1.807) is 31.2 Å². The van der Waals surface area contributed by atoms with Crippen LogP contribution >= 0.6 is 0 Å². The molecule has 130 valence electrons. The quantitative estimate of drug-likeness (QED) is 0.638. The van der Waals surface area contributed by atoms with Gasteiger partial charge in [-0.15, -0.1) is 0 Å². The average Bonchev–Trinajstić information content (AvgIpc) is 2.55. The van der Waals surface area contributed by atoms with Crippen molar-refractivity contribution in [2.24, 2.45) is 5.92 Å². The summed E-state index contributed by atoms with van der Waals surface area (Å²) in [5.41, 5.74) is 1.02. The summed E-state index contributed by atoms with van der Waals surface area (Å²) in [6.45, 7) is 5.13. The molecule has 0 bridgehead atoms. The molecule has 24 heavy (non-hydrogen) atoms. The molecule has 1 aliphatic rings. The first-order chi connectivity index (χ1) is 11.5. The van der Waals surface area contributed by atoms with Gasteiger partial charge in [-0.05, 0) is 45.4 Å². The Morgan fingerprint density at radius 2 is 2.04 bits per heavy atom. The van der Waals surface area contributed by atoms with E-state index in [4.69, 9.17) is 4.74 Å². The minimum atomic E-state index is -0.190. The Balaban J connectivity index is 1.93. The molecule has 0 aromatic heterocycles. The number of carbonyl (C=O) groups is 3. The van der Waals surface area contributed by atoms with Gasteiger partial charge >= 0.3 is 5.97 Å². The smallest absolute Gasteiger partial charge is 0.310 e. The Morgan fingerprint density at radius 3 is 2.75 bits per heavy atom. The number of anilines is 1. The molecule has 1 unspecified atom stereocenters. The van der Waals surface area contributed by atoms with Crippen LogP contribution in [0.15, 0.2) is 24.3 Å². The van der Waals surface area contributed by atoms with E-state index in [1.807, 2.05) is 4.90 Å². The van der Waals surface area contributed by atoms with Gasteiger partial charge in [-0.3, -0.25) is 19.3 Å². The van der Waals surface area contributed by atoms with E-state index in [2.05, 4.69) is 5.32 Å². The highest BCUT2D eigenvalue weighted by atomic mass is 16.5. The molecule has 0 saturated carbocycles. The number of ketones is 1. The van der Waals surface area contributed by atoms with Crippen molar-refractivity contribution in [3.63, 3.8) is 0 Å². The largest absolute Gasteiger partial charge is 0.466 e. The molecule has 0 radical (unpaired) electrons. The number of Topliss-reactive ketones (excluding diaryl/α,β-unsaturated/α-hetero) is 1. The van der Waals surface area contributed by atoms with Gasteiger partial charge in [0.2, 0.25) is 5.91 Å². The number of piperidine rings is 1. The van der Waals surface area contributed by atoms with E-state index >= 15 is 0 Å². The number of hydrogen-bond acceptors (Lipinski definition) is 5. The maximum atomic E-state index is 12.3. The number of benzene rings is 1. The molecule has 1 aromatic rings. The van der Waals surface area contributed by atoms with E-state index in [-0.39, 0.29) is 30.1 Å². The van der Waals surface area contributed by atoms with Crippen molar-refractivity contribution in [1.29, 1.82) is 0 Å². The van der Waals surface area contributed by atoms with Crippen LogP contribution in [0.1, 0.15) is 37.0 Å². The zero-order chi connectivity index (χ0) is 17.5. The molecule has 0 aliphatic carbocycles. The molecule has 0 spiro atoms. The number of nitrogens with zero attached hydrogens (tertiary/aromatic N) is 1. The lowest BCUT2D eigenvalue weighted by atomic mass is 9.98. The number of nitrogens with one attached hydrogen (secondary N) is 1. The number of carbonyl (C=O) groups excluding carboxylic acids is 3. The molecule has 6 heteroatoms. The van der Waals surface area contributed by atoms with Gasteiger partial charge in [-0.1, -0.05) is 12.1 Å². The van der Waals surface area contributed by atoms with Crippen LogP contribution in [0.3, 0.4) is 0 Å². The van der Waals surface area contributed by atoms with Crippen molar-refractivity contribution in [3.05, 3.63) is 29.8 Å². The summed E-state index contributed by atoms with van der Waals surface area (Å²) < 4.78 is 5.07. The monoisotopic (exact) mass is 332 g/mol. The van der Waals surface area contributed by atoms with Gasteiger partial charge in [0.05, 0.1) is 24.8 Å². The number of ether oxygens (including phenoxy) is 1. The van der Waals surface area contributed by atoms with Crippen LogP contribution < -0.4 is 5.32 Å². The number of esters is 1. The van der Waals surface area contributed by atoms with Crippen LogP contribution in [0.25, 0.3) is 0 Å². The molecule has 1 heterocycles. The zero-order valence-corrected chi connectivity index (χ0v) is 14.2. The summed E-state index contributed by atoms with van der Waals surface area (Å²) in [7, 11) is 0. The van der Waals surface area contributed by atoms with Gasteiger partial charge in [0.1, 0.15) is 0 Å². The van der Waals surface area contributed by atoms with Gasteiger partial charge in [-0.2, -0.15) is 0 Å². The minimum Gasteiger partial charge on any atom is -0.466 e. The van der Waals surface area contributed by atoms with Crippen LogP contribution in [0.4, 0.5) is 5.69 Å². The third-order valence-corrected chi connectivity index (χ3v) is 4.07. The molecule has 2 rings (SSSR count). The molecule has 1 aliphatic heterocycles. The molecule has 1 N–H and O–H groups in total. The van der Waals surface area contributed by atoms with Crippen molar-refractivity contribution >= 4 is 23.3 Å². The predicted octanol–water partition coefficient (Wildman–Crippen LogP) is 2.10. The summed E-state index contributed by atoms with van der Waals surface area (Å²) in [6.07, 6.45) is 1.66. The van der Waals surface area contributed by atoms with E-state index < -0.39 is 0 Å². The number of likely N-dealkylation sites (tertiary alicyclic amines) is 1. The van der Waals surface area contributed by atoms with Crippen molar-refractivity contribution in [2.75, 3.05) is 31.6 Å². The topological polar surface area (TPSA) is 75.7 Å². The van der Waals surface area contributed by atoms with Crippen LogP contribution in [-0.4, -0.2) is 48.8 Å². The second-order valence-corrected chi connectivity index (χ2v) is 5.98. The highest BCUT2D eigenvalue weighted by Crippen LogP contribution is 2.19. The SMILES string of the molecule is CCOC(=O)C1CCCN(CC(=O)Nc2ccccc2C(C)=O)C1. The van der Waals surface area contributed by atoms with Gasteiger partial charge in [-0.25, -0.2) is 0 Å². The summed E-state index contributed by atoms with van der Waals surface area (Å²) in [5.74, 6) is -0.639. The first-order valence-corrected chi connectivity index (χ1v) is 8.30. The first-order valence-electron chi connectivity index (χ1n) is 8.30. The first kappa shape index (κ1) is 18.1. The lowest BCUT2D eigenvalue weighted by Crippen LogP contribution is -2.43. The molecule has 1 aromatic carbocycles. The van der Waals surface area contributed by atoms with Crippen molar-refractivity contribution in [2.45, 2.75) is 26.7 Å². The Kier molecular flexibility index (Phi) is 6.49. The van der Waals surface area contributed by atoms with E-state index in [0.717, 1.165) is 19.4 Å². The summed E-state index contributed by atoms with van der Waals surface area (Å²) in [6, 6.07) is 6.95. The maximum Gasteiger partial charge on any atom is 0.310 e. The molecule has 1 atom stereocenters. The Morgan fingerprint density at radius 1 is 1.29 bits per heavy atom. The average molecular weight is 332 g/mol. The van der Waals surface area contributed by atoms with Crippen molar-refractivity contribution in [1.82, 2.24) is 4.90 Å². The van der Waals surface area contributed by atoms with Crippen LogP contribution in [0, 0.1) is 5.92 Å². The molecule has 1 saturated heterocycles. The van der Waals surface area contributed by atoms with Gasteiger partial charge in [0.15, 0.2) is 5.78 Å². The van der Waals surface area contributed by atoms with Crippen molar-refractivity contribution in [3.8, 4) is 0 Å². The second kappa shape index (κ2) is 8.59. The minimum absolute atomic E-state index is 0.0914. The second-order valence-electron chi connectivity index (χ2n) is 5.98. The molecule has 1 amide bonds. The lowest BCUT2D eigenvalue weighted by Gasteiger charge is -2.30. The number of rotatable bonds is 6. The third kappa shape index (κ3) is 4.89. The molecule has 6 nitrogen and oxygen atoms in total. The summed E-state index contributed by atoms with van der Waals surface area (Å²) in [4.78, 5) is 37.7. The van der Waals surface area contributed by atoms with Crippen LogP contribution in [0.5, 0.6) is 0 Å². The van der Waals surface area contributed by atoms with Crippen LogP contribution in [0.2, 0.25) is 0 Å². The fourth-order valence-electron chi connectivity index (χ4n) is 2.94. The molecular formula is C18H24N2O4. The fraction of sp³-hybridized carbons (Fsp3) is 0.500. The molecular weight excluding hydrogens is 308 g/mol. The van der Waals surface area contributed by atoms with Gasteiger partial charge < -0.3 is 10.1 Å². The number of amides is 1. The van der Waals surface area contributed by atoms with Crippen LogP contribution in [-0.2, 0) is 14.3 Å². The van der Waals surface area contributed by atoms with E-state index in [0.29, 0.717) is 24.4 Å². The number of hydrogen-bond donors (Lipinski definition) is 1. The Bertz CT molecular complexity index is 615. The fourth-order valence-corrected chi connectivity index (χ4v) is 2.94. The van der Waals surface area contributed by atoms with Gasteiger partial charge in [0.25, 0.3) is 0 Å². The maximum absolute atomic E-state index is 12.3. The third-order valence-electron chi connectivity index (χ3n) is 4.07. The van der Waals surface area contributed by atoms with Gasteiger partial charge in [0, 0.05) is 12.1 Å². The lowest BCUT2D eigenvalue weighted by molar-refractivity contribution is -0.150. The molecule has 1 fully saturated rings. The highest BCUT2D eigenvalue weighted by Gasteiger charge is 2.27. The Hall–Kier alpha value is -2.21. The number of para-hydroxylation sites is 1. The zero-order valence-electron chi connectivity index (χ0n) is 14.2.